The summed E-state index contributed by atoms with van der Waals surface area (Å²) in [4.78, 5) is 28.4. The Labute approximate surface area is 189 Å². The summed E-state index contributed by atoms with van der Waals surface area (Å²) in [6.45, 7) is 6.99. The van der Waals surface area contributed by atoms with Crippen molar-refractivity contribution < 1.29 is 19.4 Å². The molecule has 1 heterocycles. The van der Waals surface area contributed by atoms with Crippen molar-refractivity contribution in [3.63, 3.8) is 0 Å². The van der Waals surface area contributed by atoms with Gasteiger partial charge in [-0.25, -0.2) is 0 Å². The van der Waals surface area contributed by atoms with Crippen LogP contribution in [-0.4, -0.2) is 54.6 Å². The molecular weight excluding hydrogens is 406 g/mol. The average Bonchev–Trinajstić information content (AvgIpc) is 2.81. The molecule has 2 aromatic carbocycles. The molecule has 1 unspecified atom stereocenters. The van der Waals surface area contributed by atoms with E-state index < -0.39 is 11.9 Å². The van der Waals surface area contributed by atoms with Gasteiger partial charge < -0.3 is 25.4 Å². The highest BCUT2D eigenvalue weighted by molar-refractivity contribution is 5.98. The minimum atomic E-state index is -0.999. The summed E-state index contributed by atoms with van der Waals surface area (Å²) in [6, 6.07) is 12.8. The molecule has 2 amide bonds. The SMILES string of the molecule is COc1ccc(C(=O)NC(C(=O)NCC2CCN(C(C)C)CC2)c2ccccc2O)cc1. The summed E-state index contributed by atoms with van der Waals surface area (Å²) >= 11 is 0. The van der Waals surface area contributed by atoms with Crippen LogP contribution in [0.25, 0.3) is 0 Å². The fraction of sp³-hybridized carbons (Fsp3) is 0.440. The molecule has 3 rings (SSSR count). The molecule has 0 radical (unpaired) electrons. The number of carbonyl (C=O) groups excluding carboxylic acids is 2. The van der Waals surface area contributed by atoms with Gasteiger partial charge in [-0.2, -0.15) is 0 Å². The number of rotatable bonds is 8. The lowest BCUT2D eigenvalue weighted by Gasteiger charge is -2.34. The number of carbonyl (C=O) groups is 2. The number of piperidine rings is 1. The number of benzene rings is 2. The third-order valence-electron chi connectivity index (χ3n) is 6.08. The van der Waals surface area contributed by atoms with Gasteiger partial charge in [0.05, 0.1) is 7.11 Å². The first-order valence-electron chi connectivity index (χ1n) is 11.1. The molecule has 1 aliphatic rings. The molecule has 32 heavy (non-hydrogen) atoms. The number of likely N-dealkylation sites (tertiary alicyclic amines) is 1. The number of nitrogens with one attached hydrogen (secondary N) is 2. The molecule has 172 valence electrons. The van der Waals surface area contributed by atoms with Gasteiger partial charge in [-0.1, -0.05) is 18.2 Å². The maximum Gasteiger partial charge on any atom is 0.252 e. The lowest BCUT2D eigenvalue weighted by Crippen LogP contribution is -2.44. The quantitative estimate of drug-likeness (QED) is 0.588. The number of hydrogen-bond acceptors (Lipinski definition) is 5. The monoisotopic (exact) mass is 439 g/mol. The van der Waals surface area contributed by atoms with Crippen LogP contribution >= 0.6 is 0 Å². The second-order valence-electron chi connectivity index (χ2n) is 8.51. The van der Waals surface area contributed by atoms with Crippen molar-refractivity contribution in [1.29, 1.82) is 0 Å². The van der Waals surface area contributed by atoms with E-state index in [1.165, 1.54) is 6.07 Å². The smallest absolute Gasteiger partial charge is 0.252 e. The van der Waals surface area contributed by atoms with Crippen LogP contribution in [0.2, 0.25) is 0 Å². The largest absolute Gasteiger partial charge is 0.508 e. The molecule has 0 aromatic heterocycles. The number of phenols is 1. The topological polar surface area (TPSA) is 90.9 Å². The standard InChI is InChI=1S/C25H33N3O4/c1-17(2)28-14-12-18(13-15-28)16-26-25(31)23(21-6-4-5-7-22(21)29)27-24(30)19-8-10-20(32-3)11-9-19/h4-11,17-18,23,29H,12-16H2,1-3H3,(H,26,31)(H,27,30). The number of amides is 2. The summed E-state index contributed by atoms with van der Waals surface area (Å²) in [7, 11) is 1.56. The Balaban J connectivity index is 1.68. The maximum atomic E-state index is 13.1. The molecule has 2 aromatic rings. The molecule has 7 nitrogen and oxygen atoms in total. The van der Waals surface area contributed by atoms with Gasteiger partial charge in [0.1, 0.15) is 17.5 Å². The average molecular weight is 440 g/mol. The zero-order valence-corrected chi connectivity index (χ0v) is 19.0. The number of phenolic OH excluding ortho intramolecular Hbond substituents is 1. The van der Waals surface area contributed by atoms with E-state index in [4.69, 9.17) is 4.74 Å². The van der Waals surface area contributed by atoms with Gasteiger partial charge in [0, 0.05) is 23.7 Å². The minimum Gasteiger partial charge on any atom is -0.508 e. The maximum absolute atomic E-state index is 13.1. The van der Waals surface area contributed by atoms with Crippen LogP contribution in [0.4, 0.5) is 0 Å². The van der Waals surface area contributed by atoms with E-state index in [9.17, 15) is 14.7 Å². The second kappa shape index (κ2) is 11.0. The third kappa shape index (κ3) is 6.01. The van der Waals surface area contributed by atoms with Crippen molar-refractivity contribution in [2.24, 2.45) is 5.92 Å². The van der Waals surface area contributed by atoms with E-state index in [0.29, 0.717) is 35.4 Å². The predicted molar refractivity (Wildman–Crippen MR) is 124 cm³/mol. The van der Waals surface area contributed by atoms with E-state index in [-0.39, 0.29) is 11.7 Å². The van der Waals surface area contributed by atoms with Crippen molar-refractivity contribution in [2.75, 3.05) is 26.7 Å². The Hall–Kier alpha value is -3.06. The fourth-order valence-electron chi connectivity index (χ4n) is 3.99. The van der Waals surface area contributed by atoms with Crippen molar-refractivity contribution in [3.8, 4) is 11.5 Å². The van der Waals surface area contributed by atoms with Gasteiger partial charge in [-0.05, 0) is 76.0 Å². The van der Waals surface area contributed by atoms with Gasteiger partial charge in [-0.3, -0.25) is 9.59 Å². The highest BCUT2D eigenvalue weighted by atomic mass is 16.5. The third-order valence-corrected chi connectivity index (χ3v) is 6.08. The summed E-state index contributed by atoms with van der Waals surface area (Å²) in [6.07, 6.45) is 2.05. The first kappa shape index (κ1) is 23.6. The van der Waals surface area contributed by atoms with Crippen molar-refractivity contribution in [3.05, 3.63) is 59.7 Å². The fourth-order valence-corrected chi connectivity index (χ4v) is 3.99. The number of para-hydroxylation sites is 1. The van der Waals surface area contributed by atoms with E-state index in [1.54, 1.807) is 49.6 Å². The first-order chi connectivity index (χ1) is 15.4. The molecular formula is C25H33N3O4. The first-order valence-corrected chi connectivity index (χ1v) is 11.1. The van der Waals surface area contributed by atoms with Crippen LogP contribution < -0.4 is 15.4 Å². The molecule has 1 atom stereocenters. The molecule has 0 bridgehead atoms. The Morgan fingerprint density at radius 2 is 1.75 bits per heavy atom. The number of methoxy groups -OCH3 is 1. The summed E-state index contributed by atoms with van der Waals surface area (Å²) in [5.74, 6) is 0.269. The lowest BCUT2D eigenvalue weighted by atomic mass is 9.95. The summed E-state index contributed by atoms with van der Waals surface area (Å²) < 4.78 is 5.13. The van der Waals surface area contributed by atoms with Crippen LogP contribution in [0.15, 0.2) is 48.5 Å². The summed E-state index contributed by atoms with van der Waals surface area (Å²) in [5, 5.41) is 16.1. The lowest BCUT2D eigenvalue weighted by molar-refractivity contribution is -0.123. The molecule has 0 aliphatic carbocycles. The van der Waals surface area contributed by atoms with Crippen LogP contribution in [0.3, 0.4) is 0 Å². The zero-order valence-electron chi connectivity index (χ0n) is 19.0. The van der Waals surface area contributed by atoms with Crippen LogP contribution in [0.5, 0.6) is 11.5 Å². The molecule has 0 spiro atoms. The normalized spacial score (nSPS) is 15.9. The molecule has 3 N–H and O–H groups in total. The number of ether oxygens (including phenoxy) is 1. The van der Waals surface area contributed by atoms with Crippen molar-refractivity contribution in [1.82, 2.24) is 15.5 Å². The van der Waals surface area contributed by atoms with Gasteiger partial charge in [0.2, 0.25) is 5.91 Å². The Morgan fingerprint density at radius 3 is 2.34 bits per heavy atom. The minimum absolute atomic E-state index is 0.0343. The number of hydrogen-bond donors (Lipinski definition) is 3. The summed E-state index contributed by atoms with van der Waals surface area (Å²) in [5.41, 5.74) is 0.765. The highest BCUT2D eigenvalue weighted by Crippen LogP contribution is 2.25. The molecule has 1 aliphatic heterocycles. The van der Waals surface area contributed by atoms with Gasteiger partial charge >= 0.3 is 0 Å². The molecule has 7 heteroatoms. The number of nitrogens with zero attached hydrogens (tertiary/aromatic N) is 1. The predicted octanol–water partition coefficient (Wildman–Crippen LogP) is 3.11. The van der Waals surface area contributed by atoms with Gasteiger partial charge in [0.25, 0.3) is 5.91 Å². The van der Waals surface area contributed by atoms with Crippen LogP contribution in [0, 0.1) is 5.92 Å². The molecule has 1 fully saturated rings. The van der Waals surface area contributed by atoms with E-state index in [1.807, 2.05) is 0 Å². The van der Waals surface area contributed by atoms with Crippen molar-refractivity contribution in [2.45, 2.75) is 38.8 Å². The van der Waals surface area contributed by atoms with E-state index in [2.05, 4.69) is 29.4 Å². The number of aromatic hydroxyl groups is 1. The van der Waals surface area contributed by atoms with Crippen LogP contribution in [0.1, 0.15) is 48.7 Å². The van der Waals surface area contributed by atoms with E-state index in [0.717, 1.165) is 25.9 Å². The Kier molecular flexibility index (Phi) is 8.11. The second-order valence-corrected chi connectivity index (χ2v) is 8.51. The van der Waals surface area contributed by atoms with Crippen LogP contribution in [-0.2, 0) is 4.79 Å². The van der Waals surface area contributed by atoms with E-state index >= 15 is 0 Å². The van der Waals surface area contributed by atoms with Gasteiger partial charge in [-0.15, -0.1) is 0 Å². The Bertz CT molecular complexity index is 906. The molecule has 0 saturated carbocycles. The molecule has 1 saturated heterocycles. The van der Waals surface area contributed by atoms with Crippen molar-refractivity contribution >= 4 is 11.8 Å². The zero-order chi connectivity index (χ0) is 23.1. The van der Waals surface area contributed by atoms with Gasteiger partial charge in [0.15, 0.2) is 0 Å². The highest BCUT2D eigenvalue weighted by Gasteiger charge is 2.27. The Morgan fingerprint density at radius 1 is 1.09 bits per heavy atom.